The molecule has 1 aliphatic heterocycles. The summed E-state index contributed by atoms with van der Waals surface area (Å²) in [4.78, 5) is 23.8. The maximum atomic E-state index is 13.2. The molecular formula is C30H33N5O2. The molecule has 1 amide bonds. The van der Waals surface area contributed by atoms with Crippen LogP contribution in [0.1, 0.15) is 47.5 Å². The SMILES string of the molecule is Cc1nccc(Cn2cc(-c3cccc4c3CCCN4C(=O)CCCOc3cccc(C)c3C)cn2)n1. The van der Waals surface area contributed by atoms with Gasteiger partial charge in [-0.1, -0.05) is 24.3 Å². The minimum Gasteiger partial charge on any atom is -0.493 e. The third-order valence-electron chi connectivity index (χ3n) is 7.00. The van der Waals surface area contributed by atoms with Crippen molar-refractivity contribution in [2.24, 2.45) is 0 Å². The van der Waals surface area contributed by atoms with Crippen LogP contribution in [0.4, 0.5) is 5.69 Å². The summed E-state index contributed by atoms with van der Waals surface area (Å²) in [5, 5.41) is 4.57. The van der Waals surface area contributed by atoms with E-state index < -0.39 is 0 Å². The van der Waals surface area contributed by atoms with Crippen LogP contribution >= 0.6 is 0 Å². The van der Waals surface area contributed by atoms with Crippen LogP contribution in [-0.2, 0) is 17.8 Å². The first-order valence-electron chi connectivity index (χ1n) is 12.9. The highest BCUT2D eigenvalue weighted by Gasteiger charge is 2.24. The lowest BCUT2D eigenvalue weighted by Gasteiger charge is -2.31. The van der Waals surface area contributed by atoms with E-state index in [1.165, 1.54) is 11.1 Å². The molecule has 1 aliphatic rings. The van der Waals surface area contributed by atoms with Crippen molar-refractivity contribution in [3.63, 3.8) is 0 Å². The Morgan fingerprint density at radius 2 is 1.95 bits per heavy atom. The molecule has 190 valence electrons. The van der Waals surface area contributed by atoms with Gasteiger partial charge in [0.15, 0.2) is 0 Å². The van der Waals surface area contributed by atoms with Gasteiger partial charge in [-0.15, -0.1) is 0 Å². The minimum absolute atomic E-state index is 0.150. The molecule has 2 aromatic heterocycles. The summed E-state index contributed by atoms with van der Waals surface area (Å²) in [6, 6.07) is 14.2. The molecule has 0 atom stereocenters. The maximum absolute atomic E-state index is 13.2. The summed E-state index contributed by atoms with van der Waals surface area (Å²) in [6.07, 6.45) is 8.77. The average Bonchev–Trinajstić information content (AvgIpc) is 3.36. The molecule has 0 N–H and O–H groups in total. The fourth-order valence-electron chi connectivity index (χ4n) is 4.92. The van der Waals surface area contributed by atoms with E-state index in [0.717, 1.165) is 59.0 Å². The van der Waals surface area contributed by atoms with Crippen LogP contribution in [0.25, 0.3) is 11.1 Å². The molecule has 0 fully saturated rings. The number of benzene rings is 2. The Morgan fingerprint density at radius 1 is 1.08 bits per heavy atom. The number of carbonyl (C=O) groups is 1. The lowest BCUT2D eigenvalue weighted by molar-refractivity contribution is -0.118. The van der Waals surface area contributed by atoms with E-state index in [-0.39, 0.29) is 5.91 Å². The van der Waals surface area contributed by atoms with Crippen LogP contribution in [0.2, 0.25) is 0 Å². The topological polar surface area (TPSA) is 73.1 Å². The van der Waals surface area contributed by atoms with Gasteiger partial charge in [-0.2, -0.15) is 5.10 Å². The normalized spacial score (nSPS) is 12.9. The van der Waals surface area contributed by atoms with Gasteiger partial charge in [-0.05, 0) is 80.5 Å². The van der Waals surface area contributed by atoms with E-state index >= 15 is 0 Å². The fraction of sp³-hybridized carbons (Fsp3) is 0.333. The van der Waals surface area contributed by atoms with Crippen molar-refractivity contribution in [2.45, 2.75) is 53.0 Å². The van der Waals surface area contributed by atoms with Gasteiger partial charge in [0.25, 0.3) is 0 Å². The summed E-state index contributed by atoms with van der Waals surface area (Å²) in [7, 11) is 0. The van der Waals surface area contributed by atoms with Crippen molar-refractivity contribution in [3.8, 4) is 16.9 Å². The van der Waals surface area contributed by atoms with E-state index in [2.05, 4.69) is 53.3 Å². The van der Waals surface area contributed by atoms with Crippen molar-refractivity contribution in [1.29, 1.82) is 0 Å². The molecule has 5 rings (SSSR count). The van der Waals surface area contributed by atoms with Gasteiger partial charge < -0.3 is 9.64 Å². The molecule has 0 saturated carbocycles. The Kier molecular flexibility index (Phi) is 7.30. The second kappa shape index (κ2) is 10.9. The van der Waals surface area contributed by atoms with Crippen molar-refractivity contribution < 1.29 is 9.53 Å². The molecule has 0 radical (unpaired) electrons. The Morgan fingerprint density at radius 3 is 2.81 bits per heavy atom. The highest BCUT2D eigenvalue weighted by atomic mass is 16.5. The summed E-state index contributed by atoms with van der Waals surface area (Å²) in [5.41, 5.74) is 7.72. The van der Waals surface area contributed by atoms with Gasteiger partial charge in [0, 0.05) is 36.6 Å². The zero-order valence-corrected chi connectivity index (χ0v) is 21.8. The van der Waals surface area contributed by atoms with Gasteiger partial charge in [-0.25, -0.2) is 9.97 Å². The fourth-order valence-corrected chi connectivity index (χ4v) is 4.92. The molecule has 0 spiro atoms. The number of hydrogen-bond donors (Lipinski definition) is 0. The van der Waals surface area contributed by atoms with E-state index in [9.17, 15) is 4.79 Å². The number of ether oxygens (including phenoxy) is 1. The quantitative estimate of drug-likeness (QED) is 0.304. The van der Waals surface area contributed by atoms with Crippen LogP contribution in [0.15, 0.2) is 61.1 Å². The van der Waals surface area contributed by atoms with Crippen LogP contribution in [0, 0.1) is 20.8 Å². The van der Waals surface area contributed by atoms with Crippen molar-refractivity contribution >= 4 is 11.6 Å². The lowest BCUT2D eigenvalue weighted by Crippen LogP contribution is -2.35. The molecule has 3 heterocycles. The number of hydrogen-bond acceptors (Lipinski definition) is 5. The van der Waals surface area contributed by atoms with E-state index in [1.54, 1.807) is 6.20 Å². The number of nitrogens with zero attached hydrogens (tertiary/aromatic N) is 5. The standard InChI is InChI=1S/C30H33N5O2/c1-21-8-4-12-29(22(21)2)37-17-7-13-30(36)35-16-6-10-27-26(9-5-11-28(27)35)24-18-32-34(19-24)20-25-14-15-31-23(3)33-25/h4-5,8-9,11-12,14-15,18-19H,6-7,10,13,16-17,20H2,1-3H3. The lowest BCUT2D eigenvalue weighted by atomic mass is 9.93. The van der Waals surface area contributed by atoms with Crippen molar-refractivity contribution in [3.05, 3.63) is 89.3 Å². The van der Waals surface area contributed by atoms with E-state index in [0.29, 0.717) is 26.0 Å². The first kappa shape index (κ1) is 24.7. The predicted molar refractivity (Wildman–Crippen MR) is 145 cm³/mol. The van der Waals surface area contributed by atoms with Gasteiger partial charge >= 0.3 is 0 Å². The number of aromatic nitrogens is 4. The molecule has 2 aromatic carbocycles. The molecule has 4 aromatic rings. The zero-order valence-electron chi connectivity index (χ0n) is 21.8. The molecule has 0 aliphatic carbocycles. The zero-order chi connectivity index (χ0) is 25.8. The van der Waals surface area contributed by atoms with E-state index in [4.69, 9.17) is 4.74 Å². The number of aryl methyl sites for hydroxylation is 2. The molecule has 0 unspecified atom stereocenters. The summed E-state index contributed by atoms with van der Waals surface area (Å²) in [6.45, 7) is 7.91. The molecular weight excluding hydrogens is 462 g/mol. The number of amides is 1. The predicted octanol–water partition coefficient (Wildman–Crippen LogP) is 5.45. The molecule has 7 heteroatoms. The molecule has 37 heavy (non-hydrogen) atoms. The smallest absolute Gasteiger partial charge is 0.227 e. The molecule has 7 nitrogen and oxygen atoms in total. The van der Waals surface area contributed by atoms with Gasteiger partial charge in [0.05, 0.1) is 25.0 Å². The van der Waals surface area contributed by atoms with Crippen LogP contribution < -0.4 is 9.64 Å². The van der Waals surface area contributed by atoms with Gasteiger partial charge in [0.2, 0.25) is 5.91 Å². The third-order valence-corrected chi connectivity index (χ3v) is 7.00. The average molecular weight is 496 g/mol. The summed E-state index contributed by atoms with van der Waals surface area (Å²) in [5.74, 6) is 1.80. The monoisotopic (exact) mass is 495 g/mol. The van der Waals surface area contributed by atoms with Crippen LogP contribution in [0.3, 0.4) is 0 Å². The number of carbonyl (C=O) groups excluding carboxylic acids is 1. The number of anilines is 1. The summed E-state index contributed by atoms with van der Waals surface area (Å²) >= 11 is 0. The Labute approximate surface area is 218 Å². The second-order valence-corrected chi connectivity index (χ2v) is 9.62. The largest absolute Gasteiger partial charge is 0.493 e. The highest BCUT2D eigenvalue weighted by molar-refractivity contribution is 5.96. The third kappa shape index (κ3) is 5.56. The summed E-state index contributed by atoms with van der Waals surface area (Å²) < 4.78 is 7.87. The van der Waals surface area contributed by atoms with E-state index in [1.807, 2.05) is 47.0 Å². The highest BCUT2D eigenvalue weighted by Crippen LogP contribution is 2.35. The second-order valence-electron chi connectivity index (χ2n) is 9.62. The van der Waals surface area contributed by atoms with Crippen molar-refractivity contribution in [1.82, 2.24) is 19.7 Å². The maximum Gasteiger partial charge on any atom is 0.227 e. The van der Waals surface area contributed by atoms with Crippen LogP contribution in [0.5, 0.6) is 5.75 Å². The Hall–Kier alpha value is -4.00. The Bertz CT molecular complexity index is 1410. The minimum atomic E-state index is 0.150. The Balaban J connectivity index is 1.26. The first-order valence-corrected chi connectivity index (χ1v) is 12.9. The van der Waals surface area contributed by atoms with Crippen LogP contribution in [-0.4, -0.2) is 38.8 Å². The molecule has 0 saturated heterocycles. The van der Waals surface area contributed by atoms with Gasteiger partial charge in [0.1, 0.15) is 11.6 Å². The molecule has 0 bridgehead atoms. The van der Waals surface area contributed by atoms with Crippen molar-refractivity contribution in [2.75, 3.05) is 18.1 Å². The number of fused-ring (bicyclic) bond motifs is 1. The first-order chi connectivity index (χ1) is 18.0. The number of rotatable bonds is 8. The van der Waals surface area contributed by atoms with Gasteiger partial charge in [-0.3, -0.25) is 9.48 Å².